The third-order valence-corrected chi connectivity index (χ3v) is 4.86. The lowest BCUT2D eigenvalue weighted by Crippen LogP contribution is -2.51. The lowest BCUT2D eigenvalue weighted by Gasteiger charge is -2.35. The molecule has 2 N–H and O–H groups in total. The number of halogens is 3. The number of hydrogen-bond donors (Lipinski definition) is 2. The number of sulfonamides is 1. The van der Waals surface area contributed by atoms with Crippen LogP contribution in [0.25, 0.3) is 0 Å². The summed E-state index contributed by atoms with van der Waals surface area (Å²) in [5.74, 6) is 0. The molecule has 0 amide bonds. The van der Waals surface area contributed by atoms with Gasteiger partial charge in [0.25, 0.3) is 0 Å². The van der Waals surface area contributed by atoms with Gasteiger partial charge in [-0.2, -0.15) is 13.2 Å². The van der Waals surface area contributed by atoms with Gasteiger partial charge in [-0.15, -0.1) is 0 Å². The second kappa shape index (κ2) is 5.34. The molecule has 2 rings (SSSR count). The van der Waals surface area contributed by atoms with Crippen molar-refractivity contribution in [3.05, 3.63) is 29.8 Å². The third-order valence-electron chi connectivity index (χ3n) is 3.34. The van der Waals surface area contributed by atoms with Gasteiger partial charge in [0.2, 0.25) is 10.0 Å². The van der Waals surface area contributed by atoms with E-state index in [4.69, 9.17) is 0 Å². The minimum absolute atomic E-state index is 0.230. The van der Waals surface area contributed by atoms with Gasteiger partial charge in [-0.3, -0.25) is 0 Å². The quantitative estimate of drug-likeness (QED) is 0.891. The lowest BCUT2D eigenvalue weighted by molar-refractivity contribution is -0.137. The molecule has 0 spiro atoms. The zero-order valence-electron chi connectivity index (χ0n) is 10.7. The van der Waals surface area contributed by atoms with Crippen LogP contribution in [0.3, 0.4) is 0 Å². The number of benzene rings is 1. The Bertz CT molecular complexity index is 581. The SMILES string of the molecule is CNC1CC(NS(=O)(=O)c2cccc(C(F)(F)F)c2)C1. The van der Waals surface area contributed by atoms with Crippen molar-refractivity contribution in [2.75, 3.05) is 7.05 Å². The van der Waals surface area contributed by atoms with Crippen LogP contribution in [0.4, 0.5) is 13.2 Å². The van der Waals surface area contributed by atoms with Crippen molar-refractivity contribution in [1.82, 2.24) is 10.0 Å². The van der Waals surface area contributed by atoms with Crippen LogP contribution in [0, 0.1) is 0 Å². The van der Waals surface area contributed by atoms with E-state index in [2.05, 4.69) is 10.0 Å². The first-order chi connectivity index (χ1) is 9.22. The maximum Gasteiger partial charge on any atom is 0.416 e. The highest BCUT2D eigenvalue weighted by Crippen LogP contribution is 2.30. The summed E-state index contributed by atoms with van der Waals surface area (Å²) < 4.78 is 64.1. The maximum absolute atomic E-state index is 12.6. The van der Waals surface area contributed by atoms with Gasteiger partial charge in [0.15, 0.2) is 0 Å². The molecule has 1 aliphatic carbocycles. The van der Waals surface area contributed by atoms with Crippen LogP contribution in [0.2, 0.25) is 0 Å². The van der Waals surface area contributed by atoms with Crippen LogP contribution in [-0.2, 0) is 16.2 Å². The van der Waals surface area contributed by atoms with Gasteiger partial charge in [0.05, 0.1) is 10.5 Å². The van der Waals surface area contributed by atoms with Gasteiger partial charge < -0.3 is 5.32 Å². The average Bonchev–Trinajstić information content (AvgIpc) is 2.32. The molecular weight excluding hydrogens is 293 g/mol. The van der Waals surface area contributed by atoms with Crippen molar-refractivity contribution >= 4 is 10.0 Å². The molecule has 0 atom stereocenters. The van der Waals surface area contributed by atoms with Crippen molar-refractivity contribution in [1.29, 1.82) is 0 Å². The molecule has 20 heavy (non-hydrogen) atoms. The van der Waals surface area contributed by atoms with Gasteiger partial charge >= 0.3 is 6.18 Å². The fourth-order valence-electron chi connectivity index (χ4n) is 2.08. The summed E-state index contributed by atoms with van der Waals surface area (Å²) in [7, 11) is -2.13. The summed E-state index contributed by atoms with van der Waals surface area (Å²) in [6, 6.07) is 3.77. The Labute approximate surface area is 115 Å². The molecule has 0 radical (unpaired) electrons. The standard InChI is InChI=1S/C12H15F3N2O2S/c1-16-9-6-10(7-9)17-20(18,19)11-4-2-3-8(5-11)12(13,14)15/h2-5,9-10,16-17H,6-7H2,1H3. The Morgan fingerprint density at radius 1 is 1.20 bits per heavy atom. The fraction of sp³-hybridized carbons (Fsp3) is 0.500. The van der Waals surface area contributed by atoms with E-state index in [1.807, 2.05) is 0 Å². The predicted molar refractivity (Wildman–Crippen MR) is 67.6 cm³/mol. The highest BCUT2D eigenvalue weighted by atomic mass is 32.2. The Morgan fingerprint density at radius 2 is 1.85 bits per heavy atom. The lowest BCUT2D eigenvalue weighted by atomic mass is 9.88. The number of alkyl halides is 3. The molecule has 8 heteroatoms. The molecule has 4 nitrogen and oxygen atoms in total. The monoisotopic (exact) mass is 308 g/mol. The van der Waals surface area contributed by atoms with E-state index in [9.17, 15) is 21.6 Å². The Morgan fingerprint density at radius 3 is 2.40 bits per heavy atom. The highest BCUT2D eigenvalue weighted by molar-refractivity contribution is 7.89. The van der Waals surface area contributed by atoms with Crippen molar-refractivity contribution in [3.8, 4) is 0 Å². The Balaban J connectivity index is 2.14. The van der Waals surface area contributed by atoms with Crippen molar-refractivity contribution in [3.63, 3.8) is 0 Å². The van der Waals surface area contributed by atoms with E-state index >= 15 is 0 Å². The molecule has 1 aliphatic rings. The second-order valence-corrected chi connectivity index (χ2v) is 6.51. The van der Waals surface area contributed by atoms with Crippen LogP contribution in [-0.4, -0.2) is 27.5 Å². The summed E-state index contributed by atoms with van der Waals surface area (Å²) in [6.45, 7) is 0. The molecule has 0 aliphatic heterocycles. The average molecular weight is 308 g/mol. The van der Waals surface area contributed by atoms with Gasteiger partial charge in [-0.25, -0.2) is 13.1 Å². The maximum atomic E-state index is 12.6. The van der Waals surface area contributed by atoms with Crippen molar-refractivity contribution in [2.45, 2.75) is 36.0 Å². The van der Waals surface area contributed by atoms with E-state index in [0.717, 1.165) is 18.2 Å². The molecule has 0 saturated heterocycles. The molecule has 0 bridgehead atoms. The van der Waals surface area contributed by atoms with Crippen molar-refractivity contribution < 1.29 is 21.6 Å². The van der Waals surface area contributed by atoms with E-state index in [-0.39, 0.29) is 17.0 Å². The first kappa shape index (κ1) is 15.3. The largest absolute Gasteiger partial charge is 0.416 e. The second-order valence-electron chi connectivity index (χ2n) is 4.80. The molecule has 1 fully saturated rings. The minimum Gasteiger partial charge on any atom is -0.317 e. The van der Waals surface area contributed by atoms with Gasteiger partial charge in [0, 0.05) is 12.1 Å². The third kappa shape index (κ3) is 3.31. The predicted octanol–water partition coefficient (Wildman–Crippen LogP) is 1.73. The summed E-state index contributed by atoms with van der Waals surface area (Å²) in [4.78, 5) is -0.361. The topological polar surface area (TPSA) is 58.2 Å². The fourth-order valence-corrected chi connectivity index (χ4v) is 3.38. The highest BCUT2D eigenvalue weighted by Gasteiger charge is 2.34. The Kier molecular flexibility index (Phi) is 4.08. The molecule has 0 aromatic heterocycles. The molecule has 112 valence electrons. The first-order valence-corrected chi connectivity index (χ1v) is 7.57. The first-order valence-electron chi connectivity index (χ1n) is 6.09. The zero-order chi connectivity index (χ0) is 15.0. The smallest absolute Gasteiger partial charge is 0.317 e. The summed E-state index contributed by atoms with van der Waals surface area (Å²) in [5, 5.41) is 3.00. The molecular formula is C12H15F3N2O2S. The van der Waals surface area contributed by atoms with Gasteiger partial charge in [-0.05, 0) is 38.1 Å². The molecule has 1 aromatic rings. The van der Waals surface area contributed by atoms with Crippen LogP contribution in [0.5, 0.6) is 0 Å². The van der Waals surface area contributed by atoms with E-state index in [1.54, 1.807) is 7.05 Å². The molecule has 0 unspecified atom stereocenters. The number of nitrogens with one attached hydrogen (secondary N) is 2. The minimum atomic E-state index is -4.56. The van der Waals surface area contributed by atoms with Gasteiger partial charge in [-0.1, -0.05) is 6.07 Å². The molecule has 1 aromatic carbocycles. The zero-order valence-corrected chi connectivity index (χ0v) is 11.6. The summed E-state index contributed by atoms with van der Waals surface area (Å²) >= 11 is 0. The Hall–Kier alpha value is -1.12. The van der Waals surface area contributed by atoms with E-state index < -0.39 is 21.8 Å². The number of rotatable bonds is 4. The van der Waals surface area contributed by atoms with E-state index in [1.165, 1.54) is 0 Å². The molecule has 0 heterocycles. The van der Waals surface area contributed by atoms with Crippen LogP contribution in [0.1, 0.15) is 18.4 Å². The summed E-state index contributed by atoms with van der Waals surface area (Å²) in [6.07, 6.45) is -3.29. The van der Waals surface area contributed by atoms with Crippen LogP contribution < -0.4 is 10.0 Å². The van der Waals surface area contributed by atoms with Crippen LogP contribution >= 0.6 is 0 Å². The summed E-state index contributed by atoms with van der Waals surface area (Å²) in [5.41, 5.74) is -0.970. The van der Waals surface area contributed by atoms with Crippen LogP contribution in [0.15, 0.2) is 29.2 Å². The van der Waals surface area contributed by atoms with E-state index in [0.29, 0.717) is 18.9 Å². The van der Waals surface area contributed by atoms with Gasteiger partial charge in [0.1, 0.15) is 0 Å². The van der Waals surface area contributed by atoms with Crippen molar-refractivity contribution in [2.24, 2.45) is 0 Å². The normalized spacial score (nSPS) is 23.4. The molecule has 1 saturated carbocycles. The number of hydrogen-bond acceptors (Lipinski definition) is 3.